The summed E-state index contributed by atoms with van der Waals surface area (Å²) in [5, 5.41) is 29.0. The monoisotopic (exact) mass is 298 g/mol. The van der Waals surface area contributed by atoms with Crippen LogP contribution in [-0.2, 0) is 4.79 Å². The Balaban J connectivity index is 2.29. The molecule has 1 saturated heterocycles. The lowest BCUT2D eigenvalue weighted by Gasteiger charge is -2.21. The molecule has 0 bridgehead atoms. The standard InChI is InChI=1S/C12H11FN2O6/c13-8-3-6(1-2-9(8)15(20)21)11(17)14-5-7(16)4-10(14)12(18)19/h1-3,7,10,16H,4-5H2,(H,18,19). The van der Waals surface area contributed by atoms with Crippen molar-refractivity contribution in [2.75, 3.05) is 6.54 Å². The van der Waals surface area contributed by atoms with Crippen LogP contribution in [0, 0.1) is 15.9 Å². The number of aliphatic carboxylic acids is 1. The van der Waals surface area contributed by atoms with Gasteiger partial charge >= 0.3 is 11.7 Å². The highest BCUT2D eigenvalue weighted by Gasteiger charge is 2.39. The zero-order valence-corrected chi connectivity index (χ0v) is 10.6. The molecule has 0 spiro atoms. The lowest BCUT2D eigenvalue weighted by molar-refractivity contribution is -0.387. The van der Waals surface area contributed by atoms with Gasteiger partial charge in [0.2, 0.25) is 5.82 Å². The van der Waals surface area contributed by atoms with Gasteiger partial charge < -0.3 is 15.1 Å². The van der Waals surface area contributed by atoms with Gasteiger partial charge in [0.25, 0.3) is 5.91 Å². The van der Waals surface area contributed by atoms with Crippen LogP contribution in [0.1, 0.15) is 16.8 Å². The van der Waals surface area contributed by atoms with Crippen LogP contribution >= 0.6 is 0 Å². The van der Waals surface area contributed by atoms with Crippen LogP contribution in [0.25, 0.3) is 0 Å². The fourth-order valence-electron chi connectivity index (χ4n) is 2.23. The summed E-state index contributed by atoms with van der Waals surface area (Å²) < 4.78 is 13.5. The van der Waals surface area contributed by atoms with Crippen LogP contribution in [0.4, 0.5) is 10.1 Å². The summed E-state index contributed by atoms with van der Waals surface area (Å²) in [6.45, 7) is -0.186. The molecule has 1 aliphatic rings. The van der Waals surface area contributed by atoms with E-state index < -0.39 is 40.5 Å². The minimum Gasteiger partial charge on any atom is -0.480 e. The fourth-order valence-corrected chi connectivity index (χ4v) is 2.23. The number of halogens is 1. The second kappa shape index (κ2) is 5.44. The lowest BCUT2D eigenvalue weighted by Crippen LogP contribution is -2.40. The molecule has 1 fully saturated rings. The minimum absolute atomic E-state index is 0.115. The normalized spacial score (nSPS) is 21.3. The zero-order valence-electron chi connectivity index (χ0n) is 10.6. The van der Waals surface area contributed by atoms with E-state index in [1.165, 1.54) is 0 Å². The van der Waals surface area contributed by atoms with Gasteiger partial charge in [-0.25, -0.2) is 4.79 Å². The summed E-state index contributed by atoms with van der Waals surface area (Å²) in [4.78, 5) is 33.7. The van der Waals surface area contributed by atoms with E-state index in [4.69, 9.17) is 5.11 Å². The quantitative estimate of drug-likeness (QED) is 0.615. The Morgan fingerprint density at radius 1 is 1.43 bits per heavy atom. The van der Waals surface area contributed by atoms with Gasteiger partial charge in [-0.3, -0.25) is 14.9 Å². The number of carboxylic acid groups (broad SMARTS) is 1. The molecule has 8 nitrogen and oxygen atoms in total. The molecule has 0 aromatic heterocycles. The number of hydrogen-bond acceptors (Lipinski definition) is 5. The highest BCUT2D eigenvalue weighted by atomic mass is 19.1. The first-order valence-electron chi connectivity index (χ1n) is 5.97. The maximum absolute atomic E-state index is 13.5. The number of aliphatic hydroxyl groups is 1. The smallest absolute Gasteiger partial charge is 0.326 e. The molecule has 1 aliphatic heterocycles. The average molecular weight is 298 g/mol. The van der Waals surface area contributed by atoms with Crippen LogP contribution < -0.4 is 0 Å². The molecule has 1 aromatic carbocycles. The highest BCUT2D eigenvalue weighted by Crippen LogP contribution is 2.23. The van der Waals surface area contributed by atoms with Gasteiger partial charge in [-0.15, -0.1) is 0 Å². The van der Waals surface area contributed by atoms with Gasteiger partial charge in [-0.1, -0.05) is 0 Å². The van der Waals surface area contributed by atoms with Crippen molar-refractivity contribution in [2.45, 2.75) is 18.6 Å². The van der Waals surface area contributed by atoms with Crippen molar-refractivity contribution in [3.8, 4) is 0 Å². The van der Waals surface area contributed by atoms with Crippen molar-refractivity contribution in [2.24, 2.45) is 0 Å². The largest absolute Gasteiger partial charge is 0.480 e. The molecule has 0 radical (unpaired) electrons. The molecular weight excluding hydrogens is 287 g/mol. The third kappa shape index (κ3) is 2.82. The van der Waals surface area contributed by atoms with Gasteiger partial charge in [0.05, 0.1) is 11.0 Å². The molecule has 1 amide bonds. The van der Waals surface area contributed by atoms with E-state index >= 15 is 0 Å². The molecule has 2 rings (SSSR count). The van der Waals surface area contributed by atoms with Crippen molar-refractivity contribution in [1.29, 1.82) is 0 Å². The number of β-amino-alcohol motifs (C(OH)–C–C–N with tert-alkyl or cyclic N) is 1. The van der Waals surface area contributed by atoms with Crippen molar-refractivity contribution >= 4 is 17.6 Å². The number of nitrogens with zero attached hydrogens (tertiary/aromatic N) is 2. The molecule has 0 saturated carbocycles. The molecule has 21 heavy (non-hydrogen) atoms. The summed E-state index contributed by atoms with van der Waals surface area (Å²) in [6, 6.07) is 1.37. The van der Waals surface area contributed by atoms with Crippen LogP contribution in [0.2, 0.25) is 0 Å². The van der Waals surface area contributed by atoms with Gasteiger partial charge in [0, 0.05) is 24.6 Å². The summed E-state index contributed by atoms with van der Waals surface area (Å²) in [5.41, 5.74) is -0.985. The number of carbonyl (C=O) groups excluding carboxylic acids is 1. The topological polar surface area (TPSA) is 121 Å². The van der Waals surface area contributed by atoms with E-state index in [1.54, 1.807) is 0 Å². The molecule has 112 valence electrons. The molecule has 0 aliphatic carbocycles. The van der Waals surface area contributed by atoms with E-state index in [9.17, 15) is 29.2 Å². The zero-order chi connectivity index (χ0) is 15.7. The summed E-state index contributed by atoms with van der Waals surface area (Å²) in [5.74, 6) is -3.26. The fraction of sp³-hybridized carbons (Fsp3) is 0.333. The van der Waals surface area contributed by atoms with Gasteiger partial charge in [0.15, 0.2) is 0 Å². The lowest BCUT2D eigenvalue weighted by atomic mass is 10.1. The SMILES string of the molecule is O=C(O)C1CC(O)CN1C(=O)c1ccc([N+](=O)[O-])c(F)c1. The van der Waals surface area contributed by atoms with E-state index in [0.29, 0.717) is 6.07 Å². The first-order valence-corrected chi connectivity index (χ1v) is 5.97. The van der Waals surface area contributed by atoms with Crippen LogP contribution in [-0.4, -0.2) is 50.6 Å². The Hall–Kier alpha value is -2.55. The van der Waals surface area contributed by atoms with E-state index in [2.05, 4.69) is 0 Å². The average Bonchev–Trinajstić information content (AvgIpc) is 2.79. The Morgan fingerprint density at radius 2 is 2.10 bits per heavy atom. The van der Waals surface area contributed by atoms with E-state index in [1.807, 2.05) is 0 Å². The van der Waals surface area contributed by atoms with Crippen molar-refractivity contribution in [3.63, 3.8) is 0 Å². The number of amides is 1. The summed E-state index contributed by atoms with van der Waals surface area (Å²) >= 11 is 0. The van der Waals surface area contributed by atoms with Crippen molar-refractivity contribution in [3.05, 3.63) is 39.7 Å². The van der Waals surface area contributed by atoms with Crippen LogP contribution in [0.15, 0.2) is 18.2 Å². The number of rotatable bonds is 3. The predicted octanol–water partition coefficient (Wildman–Crippen LogP) is 0.394. The number of likely N-dealkylation sites (tertiary alicyclic amines) is 1. The second-order valence-electron chi connectivity index (χ2n) is 4.62. The van der Waals surface area contributed by atoms with Crippen LogP contribution in [0.5, 0.6) is 0 Å². The summed E-state index contributed by atoms with van der Waals surface area (Å²) in [7, 11) is 0. The Bertz CT molecular complexity index is 620. The number of nitro groups is 1. The molecule has 2 atom stereocenters. The van der Waals surface area contributed by atoms with Gasteiger partial charge in [0.1, 0.15) is 6.04 Å². The van der Waals surface area contributed by atoms with Crippen molar-refractivity contribution in [1.82, 2.24) is 4.90 Å². The number of aliphatic hydroxyl groups excluding tert-OH is 1. The van der Waals surface area contributed by atoms with Gasteiger partial charge in [-0.05, 0) is 12.1 Å². The van der Waals surface area contributed by atoms with Gasteiger partial charge in [-0.2, -0.15) is 4.39 Å². The number of nitro benzene ring substituents is 1. The Kier molecular flexibility index (Phi) is 3.85. The number of hydrogen-bond donors (Lipinski definition) is 2. The number of carbonyl (C=O) groups is 2. The first kappa shape index (κ1) is 14.9. The third-order valence-corrected chi connectivity index (χ3v) is 3.22. The summed E-state index contributed by atoms with van der Waals surface area (Å²) in [6.07, 6.45) is -1.09. The third-order valence-electron chi connectivity index (χ3n) is 3.22. The van der Waals surface area contributed by atoms with Crippen molar-refractivity contribution < 1.29 is 29.1 Å². The molecule has 2 N–H and O–H groups in total. The minimum atomic E-state index is -1.28. The van der Waals surface area contributed by atoms with E-state index in [0.717, 1.165) is 17.0 Å². The maximum atomic E-state index is 13.5. The maximum Gasteiger partial charge on any atom is 0.326 e. The Morgan fingerprint density at radius 3 is 2.62 bits per heavy atom. The predicted molar refractivity (Wildman–Crippen MR) is 66.1 cm³/mol. The number of benzene rings is 1. The molecular formula is C12H11FN2O6. The Labute approximate surface area is 117 Å². The molecule has 1 heterocycles. The molecule has 2 unspecified atom stereocenters. The molecule has 9 heteroatoms. The molecule has 1 aromatic rings. The number of carboxylic acids is 1. The first-order chi connectivity index (χ1) is 9.81. The van der Waals surface area contributed by atoms with E-state index in [-0.39, 0.29) is 18.5 Å². The highest BCUT2D eigenvalue weighted by molar-refractivity contribution is 5.97. The second-order valence-corrected chi connectivity index (χ2v) is 4.62. The van der Waals surface area contributed by atoms with Crippen LogP contribution in [0.3, 0.4) is 0 Å².